The van der Waals surface area contributed by atoms with E-state index >= 15 is 0 Å². The summed E-state index contributed by atoms with van der Waals surface area (Å²) in [5, 5.41) is 12.6. The second-order valence-corrected chi connectivity index (χ2v) is 8.40. The third-order valence-corrected chi connectivity index (χ3v) is 5.21. The smallest absolute Gasteiger partial charge is 0.258 e. The lowest BCUT2D eigenvalue weighted by Crippen LogP contribution is -2.43. The van der Waals surface area contributed by atoms with E-state index in [1.165, 1.54) is 24.3 Å². The minimum Gasteiger partial charge on any atom is -0.276 e. The molecule has 3 aromatic rings. The number of halogens is 3. The fourth-order valence-electron chi connectivity index (χ4n) is 2.09. The summed E-state index contributed by atoms with van der Waals surface area (Å²) in [5.41, 5.74) is 2.59. The lowest BCUT2D eigenvalue weighted by Gasteiger charge is -2.08. The molecule has 1 aromatic heterocycles. The van der Waals surface area contributed by atoms with Gasteiger partial charge in [0.05, 0.1) is 4.90 Å². The normalized spacial score (nSPS) is 11.4. The van der Waals surface area contributed by atoms with Crippen molar-refractivity contribution in [3.05, 3.63) is 57.5 Å². The summed E-state index contributed by atoms with van der Waals surface area (Å²) in [4.78, 5) is 14.8. The van der Waals surface area contributed by atoms with E-state index in [0.717, 1.165) is 4.80 Å². The molecule has 146 valence electrons. The number of hydrogen-bond donors (Lipinski definition) is 2. The molecule has 0 spiro atoms. The highest BCUT2D eigenvalue weighted by Gasteiger charge is 2.16. The van der Waals surface area contributed by atoms with Gasteiger partial charge in [-0.25, -0.2) is 8.42 Å². The maximum Gasteiger partial charge on any atom is 0.258 e. The maximum absolute atomic E-state index is 12.1. The molecule has 0 aliphatic heterocycles. The summed E-state index contributed by atoms with van der Waals surface area (Å²) in [7, 11) is -3.98. The standard InChI is InChI=1S/C15H11Cl3N6O3S/c16-10-2-1-3-13(7-10)28(26,27)23-19-14(25)8-24-21-15(20-22-24)9-4-11(17)6-12(18)5-9/h1-7,23H,8H2,(H,19,25). The molecular weight excluding hydrogens is 451 g/mol. The van der Waals surface area contributed by atoms with E-state index in [0.29, 0.717) is 15.6 Å². The molecule has 13 heteroatoms. The first-order valence-electron chi connectivity index (χ1n) is 7.53. The molecule has 0 radical (unpaired) electrons. The minimum atomic E-state index is -3.98. The first kappa shape index (κ1) is 20.5. The number of benzene rings is 2. The van der Waals surface area contributed by atoms with Crippen LogP contribution >= 0.6 is 34.8 Å². The van der Waals surface area contributed by atoms with Crippen LogP contribution in [0.2, 0.25) is 15.1 Å². The van der Waals surface area contributed by atoms with E-state index in [2.05, 4.69) is 20.8 Å². The number of carbonyl (C=O) groups is 1. The van der Waals surface area contributed by atoms with Gasteiger partial charge in [0.15, 0.2) is 0 Å². The average molecular weight is 462 g/mol. The number of nitrogens with one attached hydrogen (secondary N) is 2. The van der Waals surface area contributed by atoms with Crippen LogP contribution in [0.4, 0.5) is 0 Å². The largest absolute Gasteiger partial charge is 0.276 e. The van der Waals surface area contributed by atoms with Gasteiger partial charge in [-0.2, -0.15) is 4.80 Å². The molecule has 1 heterocycles. The van der Waals surface area contributed by atoms with E-state index in [4.69, 9.17) is 34.8 Å². The number of nitrogens with zero attached hydrogens (tertiary/aromatic N) is 4. The minimum absolute atomic E-state index is 0.0979. The van der Waals surface area contributed by atoms with Crippen molar-refractivity contribution in [2.45, 2.75) is 11.4 Å². The Morgan fingerprint density at radius 2 is 1.75 bits per heavy atom. The van der Waals surface area contributed by atoms with Gasteiger partial charge in [-0.3, -0.25) is 10.2 Å². The topological polar surface area (TPSA) is 119 Å². The Balaban J connectivity index is 1.63. The van der Waals surface area contributed by atoms with Crippen LogP contribution in [-0.2, 0) is 21.4 Å². The van der Waals surface area contributed by atoms with Crippen molar-refractivity contribution in [3.8, 4) is 11.4 Å². The molecule has 0 aliphatic rings. The van der Waals surface area contributed by atoms with Gasteiger partial charge in [-0.05, 0) is 41.6 Å². The third kappa shape index (κ3) is 5.18. The summed E-state index contributed by atoms with van der Waals surface area (Å²) < 4.78 is 24.3. The number of carbonyl (C=O) groups excluding carboxylic acids is 1. The fraction of sp³-hybridized carbons (Fsp3) is 0.0667. The van der Waals surface area contributed by atoms with Crippen LogP contribution in [0.5, 0.6) is 0 Å². The van der Waals surface area contributed by atoms with E-state index in [9.17, 15) is 13.2 Å². The summed E-state index contributed by atoms with van der Waals surface area (Å²) in [5.74, 6) is -0.504. The molecule has 2 N–H and O–H groups in total. The third-order valence-electron chi connectivity index (χ3n) is 3.29. The summed E-state index contributed by atoms with van der Waals surface area (Å²) >= 11 is 17.6. The number of amides is 1. The number of tetrazole rings is 1. The second kappa shape index (κ2) is 8.41. The van der Waals surface area contributed by atoms with Gasteiger partial charge >= 0.3 is 0 Å². The first-order valence-corrected chi connectivity index (χ1v) is 10.2. The molecule has 0 atom stereocenters. The highest BCUT2D eigenvalue weighted by Crippen LogP contribution is 2.24. The molecule has 0 saturated heterocycles. The van der Waals surface area contributed by atoms with Crippen LogP contribution in [-0.4, -0.2) is 34.5 Å². The Bertz CT molecular complexity index is 1120. The molecule has 0 aliphatic carbocycles. The van der Waals surface area contributed by atoms with Gasteiger partial charge in [0.1, 0.15) is 6.54 Å². The molecule has 2 aromatic carbocycles. The van der Waals surface area contributed by atoms with Crippen LogP contribution < -0.4 is 10.3 Å². The first-order chi connectivity index (χ1) is 13.2. The van der Waals surface area contributed by atoms with Crippen LogP contribution in [0.3, 0.4) is 0 Å². The van der Waals surface area contributed by atoms with Gasteiger partial charge < -0.3 is 0 Å². The fourth-order valence-corrected chi connectivity index (χ4v) is 3.78. The van der Waals surface area contributed by atoms with E-state index < -0.39 is 15.9 Å². The zero-order valence-corrected chi connectivity index (χ0v) is 16.9. The molecule has 0 saturated carbocycles. The summed E-state index contributed by atoms with van der Waals surface area (Å²) in [6.07, 6.45) is 0. The quantitative estimate of drug-likeness (QED) is 0.544. The summed E-state index contributed by atoms with van der Waals surface area (Å²) in [6.45, 7) is -0.376. The van der Waals surface area contributed by atoms with E-state index in [1.807, 2.05) is 4.83 Å². The highest BCUT2D eigenvalue weighted by atomic mass is 35.5. The maximum atomic E-state index is 12.1. The Hall–Kier alpha value is -2.24. The Kier molecular flexibility index (Phi) is 6.16. The summed E-state index contributed by atoms with van der Waals surface area (Å²) in [6, 6.07) is 10.3. The Morgan fingerprint density at radius 1 is 1.04 bits per heavy atom. The van der Waals surface area contributed by atoms with Crippen molar-refractivity contribution in [1.82, 2.24) is 30.5 Å². The van der Waals surface area contributed by atoms with Crippen molar-refractivity contribution in [2.75, 3.05) is 0 Å². The van der Waals surface area contributed by atoms with Crippen LogP contribution in [0, 0.1) is 0 Å². The predicted octanol–water partition coefficient (Wildman–Crippen LogP) is 2.31. The molecule has 28 heavy (non-hydrogen) atoms. The zero-order valence-electron chi connectivity index (χ0n) is 13.8. The van der Waals surface area contributed by atoms with Crippen LogP contribution in [0.1, 0.15) is 0 Å². The van der Waals surface area contributed by atoms with Gasteiger partial charge in [0.25, 0.3) is 15.9 Å². The Morgan fingerprint density at radius 3 is 2.43 bits per heavy atom. The van der Waals surface area contributed by atoms with Gasteiger partial charge in [-0.15, -0.1) is 15.0 Å². The molecule has 0 fully saturated rings. The van der Waals surface area contributed by atoms with Crippen LogP contribution in [0.15, 0.2) is 47.4 Å². The SMILES string of the molecule is O=C(Cn1nnc(-c2cc(Cl)cc(Cl)c2)n1)NNS(=O)(=O)c1cccc(Cl)c1. The number of sulfonamides is 1. The van der Waals surface area contributed by atoms with Gasteiger partial charge in [-0.1, -0.05) is 40.9 Å². The van der Waals surface area contributed by atoms with Crippen molar-refractivity contribution in [3.63, 3.8) is 0 Å². The average Bonchev–Trinajstić information content (AvgIpc) is 3.08. The molecule has 3 rings (SSSR count). The van der Waals surface area contributed by atoms with Gasteiger partial charge in [0.2, 0.25) is 5.82 Å². The number of hydrazine groups is 1. The zero-order chi connectivity index (χ0) is 20.3. The number of hydrogen-bond acceptors (Lipinski definition) is 6. The van der Waals surface area contributed by atoms with Crippen molar-refractivity contribution in [2.24, 2.45) is 0 Å². The number of aromatic nitrogens is 4. The second-order valence-electron chi connectivity index (χ2n) is 5.41. The number of rotatable bonds is 6. The van der Waals surface area contributed by atoms with Crippen LogP contribution in [0.25, 0.3) is 11.4 Å². The van der Waals surface area contributed by atoms with Crippen molar-refractivity contribution < 1.29 is 13.2 Å². The molecule has 0 bridgehead atoms. The lowest BCUT2D eigenvalue weighted by molar-refractivity contribution is -0.122. The van der Waals surface area contributed by atoms with Crippen molar-refractivity contribution in [1.29, 1.82) is 0 Å². The highest BCUT2D eigenvalue weighted by molar-refractivity contribution is 7.89. The molecular formula is C15H11Cl3N6O3S. The monoisotopic (exact) mass is 460 g/mol. The van der Waals surface area contributed by atoms with E-state index in [1.54, 1.807) is 18.2 Å². The molecule has 9 nitrogen and oxygen atoms in total. The van der Waals surface area contributed by atoms with Gasteiger partial charge in [0, 0.05) is 20.6 Å². The predicted molar refractivity (Wildman–Crippen MR) is 103 cm³/mol. The van der Waals surface area contributed by atoms with E-state index in [-0.39, 0.29) is 22.3 Å². The molecule has 1 amide bonds. The van der Waals surface area contributed by atoms with Crippen molar-refractivity contribution >= 4 is 50.7 Å². The molecule has 0 unspecified atom stereocenters. The Labute approximate surface area is 174 Å². The lowest BCUT2D eigenvalue weighted by atomic mass is 10.2.